The molecule has 1 aliphatic rings. The Morgan fingerprint density at radius 2 is 2.10 bits per heavy atom. The van der Waals surface area contributed by atoms with Crippen LogP contribution >= 0.6 is 0 Å². The highest BCUT2D eigenvalue weighted by Gasteiger charge is 2.24. The van der Waals surface area contributed by atoms with Crippen LogP contribution in [-0.2, 0) is 21.4 Å². The zero-order chi connectivity index (χ0) is 21.4. The molecule has 30 heavy (non-hydrogen) atoms. The minimum absolute atomic E-state index is 0.0418. The molecule has 0 saturated heterocycles. The van der Waals surface area contributed by atoms with E-state index in [0.717, 1.165) is 18.8 Å². The Kier molecular flexibility index (Phi) is 7.92. The molecule has 1 fully saturated rings. The fourth-order valence-electron chi connectivity index (χ4n) is 3.91. The second kappa shape index (κ2) is 10.6. The fraction of sp³-hybridized carbons (Fsp3) is 0.600. The Bertz CT molecular complexity index is 910. The Balaban J connectivity index is 1.56. The van der Waals surface area contributed by atoms with Gasteiger partial charge in [-0.3, -0.25) is 9.78 Å². The van der Waals surface area contributed by atoms with Gasteiger partial charge in [-0.05, 0) is 24.5 Å². The van der Waals surface area contributed by atoms with E-state index in [1.807, 2.05) is 0 Å². The number of hydrogen-bond acceptors (Lipinski definition) is 7. The third-order valence-corrected chi connectivity index (χ3v) is 6.90. The predicted octanol–water partition coefficient (Wildman–Crippen LogP) is 3.25. The molecule has 2 aromatic rings. The third kappa shape index (κ3) is 6.60. The van der Waals surface area contributed by atoms with Crippen molar-refractivity contribution in [3.8, 4) is 0 Å². The Labute approximate surface area is 176 Å². The average molecular weight is 437 g/mol. The zero-order valence-electron chi connectivity index (χ0n) is 16.9. The highest BCUT2D eigenvalue weighted by Crippen LogP contribution is 2.31. The first-order valence-electron chi connectivity index (χ1n) is 10.4. The number of carboxylic acid groups (broad SMARTS) is 1. The number of rotatable bonds is 11. The number of carboxylic acids is 1. The molecule has 1 atom stereocenters. The van der Waals surface area contributed by atoms with E-state index in [-0.39, 0.29) is 35.5 Å². The van der Waals surface area contributed by atoms with Gasteiger partial charge in [0.2, 0.25) is 15.9 Å². The standard InChI is InChI=1S/C20H28N4O5S/c25-19(26)12-16(9-4-8-15-6-2-1-3-7-15)20-23-18(24-29-20)14-22-30(27,28)17-10-5-11-21-13-17/h5,10-11,13,15-16,22H,1-4,6-9,12,14H2,(H,25,26)/t16-/m1/s1. The number of nitrogens with one attached hydrogen (secondary N) is 1. The molecule has 0 aliphatic heterocycles. The monoisotopic (exact) mass is 436 g/mol. The van der Waals surface area contributed by atoms with Crippen molar-refractivity contribution in [3.63, 3.8) is 0 Å². The van der Waals surface area contributed by atoms with E-state index in [2.05, 4.69) is 19.8 Å². The van der Waals surface area contributed by atoms with Crippen molar-refractivity contribution in [1.82, 2.24) is 19.8 Å². The number of hydrogen-bond donors (Lipinski definition) is 2. The lowest BCUT2D eigenvalue weighted by molar-refractivity contribution is -0.137. The van der Waals surface area contributed by atoms with Crippen LogP contribution in [0.5, 0.6) is 0 Å². The first kappa shape index (κ1) is 22.4. The van der Waals surface area contributed by atoms with Gasteiger partial charge in [0.25, 0.3) is 0 Å². The van der Waals surface area contributed by atoms with Gasteiger partial charge in [-0.25, -0.2) is 13.1 Å². The summed E-state index contributed by atoms with van der Waals surface area (Å²) < 4.78 is 32.2. The van der Waals surface area contributed by atoms with Crippen LogP contribution in [0.25, 0.3) is 0 Å². The first-order valence-corrected chi connectivity index (χ1v) is 11.9. The van der Waals surface area contributed by atoms with Gasteiger partial charge in [-0.1, -0.05) is 50.1 Å². The van der Waals surface area contributed by atoms with Crippen LogP contribution in [0.2, 0.25) is 0 Å². The second-order valence-electron chi connectivity index (χ2n) is 7.79. The fourth-order valence-corrected chi connectivity index (χ4v) is 4.85. The SMILES string of the molecule is O=C(O)C[C@@H](CCCC1CCCCC1)c1nc(CNS(=O)(=O)c2cccnc2)no1. The number of nitrogens with zero attached hydrogens (tertiary/aromatic N) is 3. The number of carbonyl (C=O) groups is 1. The molecule has 1 aliphatic carbocycles. The predicted molar refractivity (Wildman–Crippen MR) is 108 cm³/mol. The average Bonchev–Trinajstić information content (AvgIpc) is 3.22. The molecule has 1 saturated carbocycles. The summed E-state index contributed by atoms with van der Waals surface area (Å²) in [6.07, 6.45) is 11.7. The van der Waals surface area contributed by atoms with Gasteiger partial charge in [0.05, 0.1) is 13.0 Å². The quantitative estimate of drug-likeness (QED) is 0.548. The molecule has 0 radical (unpaired) electrons. The van der Waals surface area contributed by atoms with Gasteiger partial charge >= 0.3 is 5.97 Å². The highest BCUT2D eigenvalue weighted by atomic mass is 32.2. The van der Waals surface area contributed by atoms with Crippen LogP contribution in [0.3, 0.4) is 0 Å². The molecule has 0 spiro atoms. The normalized spacial score (nSPS) is 16.4. The van der Waals surface area contributed by atoms with Gasteiger partial charge in [-0.2, -0.15) is 4.98 Å². The van der Waals surface area contributed by atoms with Crippen LogP contribution in [0, 0.1) is 5.92 Å². The summed E-state index contributed by atoms with van der Waals surface area (Å²) in [5.41, 5.74) is 0. The highest BCUT2D eigenvalue weighted by molar-refractivity contribution is 7.89. The van der Waals surface area contributed by atoms with E-state index in [1.54, 1.807) is 0 Å². The molecular weight excluding hydrogens is 408 g/mol. The number of pyridine rings is 1. The lowest BCUT2D eigenvalue weighted by Gasteiger charge is -2.21. The maximum Gasteiger partial charge on any atom is 0.304 e. The maximum atomic E-state index is 12.3. The molecule has 0 aromatic carbocycles. The molecular formula is C20H28N4O5S. The summed E-state index contributed by atoms with van der Waals surface area (Å²) >= 11 is 0. The summed E-state index contributed by atoms with van der Waals surface area (Å²) in [5, 5.41) is 13.1. The van der Waals surface area contributed by atoms with E-state index in [1.165, 1.54) is 56.6 Å². The van der Waals surface area contributed by atoms with Crippen molar-refractivity contribution in [2.75, 3.05) is 0 Å². The molecule has 0 amide bonds. The molecule has 0 bridgehead atoms. The van der Waals surface area contributed by atoms with E-state index >= 15 is 0 Å². The van der Waals surface area contributed by atoms with Gasteiger partial charge in [0.1, 0.15) is 4.90 Å². The van der Waals surface area contributed by atoms with Crippen molar-refractivity contribution in [2.24, 2.45) is 5.92 Å². The molecule has 2 heterocycles. The van der Waals surface area contributed by atoms with Crippen molar-refractivity contribution < 1.29 is 22.8 Å². The molecule has 9 nitrogen and oxygen atoms in total. The summed E-state index contributed by atoms with van der Waals surface area (Å²) in [4.78, 5) is 19.4. The summed E-state index contributed by atoms with van der Waals surface area (Å²) in [5.74, 6) is -0.155. The molecule has 10 heteroatoms. The number of aromatic nitrogens is 3. The number of aliphatic carboxylic acids is 1. The summed E-state index contributed by atoms with van der Waals surface area (Å²) in [6.45, 7) is -0.150. The van der Waals surface area contributed by atoms with Gasteiger partial charge in [-0.15, -0.1) is 0 Å². The first-order chi connectivity index (χ1) is 14.4. The maximum absolute atomic E-state index is 12.3. The minimum atomic E-state index is -3.74. The van der Waals surface area contributed by atoms with E-state index in [0.29, 0.717) is 6.42 Å². The van der Waals surface area contributed by atoms with E-state index in [4.69, 9.17) is 4.52 Å². The largest absolute Gasteiger partial charge is 0.481 e. The molecule has 164 valence electrons. The van der Waals surface area contributed by atoms with Crippen LogP contribution in [0.15, 0.2) is 33.9 Å². The van der Waals surface area contributed by atoms with E-state index < -0.39 is 16.0 Å². The minimum Gasteiger partial charge on any atom is -0.481 e. The Morgan fingerprint density at radius 1 is 1.30 bits per heavy atom. The molecule has 2 aromatic heterocycles. The lowest BCUT2D eigenvalue weighted by atomic mass is 9.84. The van der Waals surface area contributed by atoms with Crippen LogP contribution < -0.4 is 4.72 Å². The van der Waals surface area contributed by atoms with Gasteiger partial charge in [0, 0.05) is 18.3 Å². The Hall–Kier alpha value is -2.33. The Morgan fingerprint density at radius 3 is 2.80 bits per heavy atom. The van der Waals surface area contributed by atoms with E-state index in [9.17, 15) is 18.3 Å². The topological polar surface area (TPSA) is 135 Å². The molecule has 2 N–H and O–H groups in total. The summed E-state index contributed by atoms with van der Waals surface area (Å²) in [7, 11) is -3.74. The van der Waals surface area contributed by atoms with Crippen LogP contribution in [-0.4, -0.2) is 34.6 Å². The lowest BCUT2D eigenvalue weighted by Crippen LogP contribution is -2.24. The molecule has 3 rings (SSSR count). The van der Waals surface area contributed by atoms with Gasteiger partial charge in [0.15, 0.2) is 5.82 Å². The van der Waals surface area contributed by atoms with Crippen LogP contribution in [0.1, 0.15) is 75.4 Å². The van der Waals surface area contributed by atoms with Crippen molar-refractivity contribution in [3.05, 3.63) is 36.2 Å². The zero-order valence-corrected chi connectivity index (χ0v) is 17.7. The molecule has 0 unspecified atom stereocenters. The van der Waals surface area contributed by atoms with Crippen molar-refractivity contribution in [1.29, 1.82) is 0 Å². The second-order valence-corrected chi connectivity index (χ2v) is 9.56. The summed E-state index contributed by atoms with van der Waals surface area (Å²) in [6, 6.07) is 2.97. The van der Waals surface area contributed by atoms with Crippen molar-refractivity contribution in [2.45, 2.75) is 75.1 Å². The third-order valence-electron chi connectivity index (χ3n) is 5.51. The smallest absolute Gasteiger partial charge is 0.304 e. The van der Waals surface area contributed by atoms with Crippen LogP contribution in [0.4, 0.5) is 0 Å². The van der Waals surface area contributed by atoms with Crippen molar-refractivity contribution >= 4 is 16.0 Å². The van der Waals surface area contributed by atoms with Gasteiger partial charge < -0.3 is 9.63 Å². The number of sulfonamides is 1.